The van der Waals surface area contributed by atoms with Gasteiger partial charge in [-0.1, -0.05) is 66.0 Å². The number of benzene rings is 1. The Kier molecular flexibility index (Phi) is 5.64. The third kappa shape index (κ3) is 3.43. The molecular formula is C17H24BrNO. The SMILES string of the molecule is CCC1(C(=O)N(CCBr)Cc2ccccc2)CCCC1. The van der Waals surface area contributed by atoms with Crippen LogP contribution in [0.5, 0.6) is 0 Å². The molecule has 1 saturated carbocycles. The number of halogens is 1. The first-order chi connectivity index (χ1) is 9.72. The summed E-state index contributed by atoms with van der Waals surface area (Å²) >= 11 is 3.49. The van der Waals surface area contributed by atoms with Gasteiger partial charge in [0.05, 0.1) is 0 Å². The second-order valence-electron chi connectivity index (χ2n) is 5.74. The Morgan fingerprint density at radius 2 is 1.90 bits per heavy atom. The Labute approximate surface area is 130 Å². The van der Waals surface area contributed by atoms with Gasteiger partial charge in [0.25, 0.3) is 0 Å². The molecule has 0 unspecified atom stereocenters. The highest BCUT2D eigenvalue weighted by atomic mass is 79.9. The Bertz CT molecular complexity index is 426. The molecule has 0 saturated heterocycles. The van der Waals surface area contributed by atoms with Crippen molar-refractivity contribution >= 4 is 21.8 Å². The maximum absolute atomic E-state index is 13.0. The topological polar surface area (TPSA) is 20.3 Å². The standard InChI is InChI=1S/C17H24BrNO/c1-2-17(10-6-7-11-17)16(20)19(13-12-18)14-15-8-4-3-5-9-15/h3-5,8-9H,2,6-7,10-14H2,1H3. The summed E-state index contributed by atoms with van der Waals surface area (Å²) in [5.74, 6) is 0.362. The van der Waals surface area contributed by atoms with Crippen LogP contribution in [0.3, 0.4) is 0 Å². The fourth-order valence-electron chi connectivity index (χ4n) is 3.26. The lowest BCUT2D eigenvalue weighted by Crippen LogP contribution is -2.43. The molecule has 20 heavy (non-hydrogen) atoms. The van der Waals surface area contributed by atoms with E-state index in [0.717, 1.165) is 37.7 Å². The van der Waals surface area contributed by atoms with E-state index < -0.39 is 0 Å². The first-order valence-electron chi connectivity index (χ1n) is 7.61. The molecule has 1 amide bonds. The van der Waals surface area contributed by atoms with Crippen molar-refractivity contribution in [2.45, 2.75) is 45.6 Å². The molecule has 0 spiro atoms. The second-order valence-corrected chi connectivity index (χ2v) is 6.54. The van der Waals surface area contributed by atoms with E-state index in [-0.39, 0.29) is 5.41 Å². The van der Waals surface area contributed by atoms with E-state index in [4.69, 9.17) is 0 Å². The molecular weight excluding hydrogens is 314 g/mol. The highest BCUT2D eigenvalue weighted by Crippen LogP contribution is 2.42. The van der Waals surface area contributed by atoms with Crippen LogP contribution in [0.15, 0.2) is 30.3 Å². The Balaban J connectivity index is 2.13. The van der Waals surface area contributed by atoms with Gasteiger partial charge in [-0.05, 0) is 24.8 Å². The molecule has 1 aromatic carbocycles. The summed E-state index contributed by atoms with van der Waals surface area (Å²) in [5.41, 5.74) is 1.13. The summed E-state index contributed by atoms with van der Waals surface area (Å²) in [7, 11) is 0. The third-order valence-electron chi connectivity index (χ3n) is 4.55. The predicted molar refractivity (Wildman–Crippen MR) is 86.8 cm³/mol. The Morgan fingerprint density at radius 3 is 2.45 bits per heavy atom. The smallest absolute Gasteiger partial charge is 0.229 e. The number of rotatable bonds is 6. The molecule has 1 aliphatic rings. The minimum atomic E-state index is -0.0864. The summed E-state index contributed by atoms with van der Waals surface area (Å²) in [5, 5.41) is 0.839. The van der Waals surface area contributed by atoms with Crippen molar-refractivity contribution in [2.75, 3.05) is 11.9 Å². The average Bonchev–Trinajstić information content (AvgIpc) is 2.97. The molecule has 0 heterocycles. The predicted octanol–water partition coefficient (Wildman–Crippen LogP) is 4.38. The van der Waals surface area contributed by atoms with Crippen LogP contribution < -0.4 is 0 Å². The van der Waals surface area contributed by atoms with Gasteiger partial charge in [0, 0.05) is 23.8 Å². The molecule has 0 bridgehead atoms. The molecule has 0 N–H and O–H groups in total. The molecule has 1 aliphatic carbocycles. The number of nitrogens with zero attached hydrogens (tertiary/aromatic N) is 1. The highest BCUT2D eigenvalue weighted by molar-refractivity contribution is 9.09. The average molecular weight is 338 g/mol. The number of hydrogen-bond acceptors (Lipinski definition) is 1. The van der Waals surface area contributed by atoms with Gasteiger partial charge in [0.2, 0.25) is 5.91 Å². The van der Waals surface area contributed by atoms with E-state index in [1.807, 2.05) is 23.1 Å². The van der Waals surface area contributed by atoms with Crippen molar-refractivity contribution in [3.63, 3.8) is 0 Å². The van der Waals surface area contributed by atoms with Crippen LogP contribution in [0.25, 0.3) is 0 Å². The number of carbonyl (C=O) groups is 1. The first kappa shape index (κ1) is 15.6. The largest absolute Gasteiger partial charge is 0.337 e. The van der Waals surface area contributed by atoms with Crippen LogP contribution in [0.2, 0.25) is 0 Å². The lowest BCUT2D eigenvalue weighted by molar-refractivity contribution is -0.142. The first-order valence-corrected chi connectivity index (χ1v) is 8.73. The van der Waals surface area contributed by atoms with Crippen molar-refractivity contribution in [2.24, 2.45) is 5.41 Å². The zero-order valence-corrected chi connectivity index (χ0v) is 13.9. The van der Waals surface area contributed by atoms with Gasteiger partial charge in [-0.25, -0.2) is 0 Å². The Morgan fingerprint density at radius 1 is 1.25 bits per heavy atom. The molecule has 0 aliphatic heterocycles. The highest BCUT2D eigenvalue weighted by Gasteiger charge is 2.41. The van der Waals surface area contributed by atoms with Crippen LogP contribution in [0, 0.1) is 5.41 Å². The van der Waals surface area contributed by atoms with Crippen molar-refractivity contribution in [1.82, 2.24) is 4.90 Å². The minimum absolute atomic E-state index is 0.0864. The van der Waals surface area contributed by atoms with Gasteiger partial charge >= 0.3 is 0 Å². The molecule has 0 radical (unpaired) electrons. The van der Waals surface area contributed by atoms with Gasteiger partial charge in [-0.3, -0.25) is 4.79 Å². The summed E-state index contributed by atoms with van der Waals surface area (Å²) < 4.78 is 0. The van der Waals surface area contributed by atoms with E-state index in [1.54, 1.807) is 0 Å². The van der Waals surface area contributed by atoms with E-state index in [2.05, 4.69) is 35.0 Å². The van der Waals surface area contributed by atoms with Gasteiger partial charge in [0.1, 0.15) is 0 Å². The van der Waals surface area contributed by atoms with Crippen molar-refractivity contribution in [1.29, 1.82) is 0 Å². The van der Waals surface area contributed by atoms with Crippen molar-refractivity contribution in [3.05, 3.63) is 35.9 Å². The zero-order valence-electron chi connectivity index (χ0n) is 12.3. The normalized spacial score (nSPS) is 17.1. The van der Waals surface area contributed by atoms with E-state index in [1.165, 1.54) is 18.4 Å². The van der Waals surface area contributed by atoms with Crippen LogP contribution in [0.4, 0.5) is 0 Å². The zero-order chi connectivity index (χ0) is 14.4. The van der Waals surface area contributed by atoms with Crippen LogP contribution in [-0.4, -0.2) is 22.7 Å². The third-order valence-corrected chi connectivity index (χ3v) is 4.90. The molecule has 2 nitrogen and oxygen atoms in total. The maximum atomic E-state index is 13.0. The minimum Gasteiger partial charge on any atom is -0.337 e. The monoisotopic (exact) mass is 337 g/mol. The van der Waals surface area contributed by atoms with Crippen LogP contribution in [-0.2, 0) is 11.3 Å². The van der Waals surface area contributed by atoms with Gasteiger partial charge < -0.3 is 4.90 Å². The molecule has 0 aromatic heterocycles. The van der Waals surface area contributed by atoms with Crippen molar-refractivity contribution < 1.29 is 4.79 Å². The van der Waals surface area contributed by atoms with Crippen LogP contribution >= 0.6 is 15.9 Å². The number of alkyl halides is 1. The van der Waals surface area contributed by atoms with E-state index in [0.29, 0.717) is 5.91 Å². The number of hydrogen-bond donors (Lipinski definition) is 0. The summed E-state index contributed by atoms with van der Waals surface area (Å²) in [6, 6.07) is 10.3. The molecule has 0 atom stereocenters. The molecule has 2 rings (SSSR count). The molecule has 3 heteroatoms. The number of carbonyl (C=O) groups excluding carboxylic acids is 1. The fourth-order valence-corrected chi connectivity index (χ4v) is 3.69. The summed E-state index contributed by atoms with van der Waals surface area (Å²) in [6.07, 6.45) is 5.51. The lowest BCUT2D eigenvalue weighted by Gasteiger charge is -2.33. The fraction of sp³-hybridized carbons (Fsp3) is 0.588. The Hall–Kier alpha value is -0.830. The quantitative estimate of drug-likeness (QED) is 0.705. The summed E-state index contributed by atoms with van der Waals surface area (Å²) in [6.45, 7) is 3.68. The maximum Gasteiger partial charge on any atom is 0.229 e. The van der Waals surface area contributed by atoms with Gasteiger partial charge in [-0.2, -0.15) is 0 Å². The second kappa shape index (κ2) is 7.26. The van der Waals surface area contributed by atoms with Gasteiger partial charge in [0.15, 0.2) is 0 Å². The van der Waals surface area contributed by atoms with E-state index >= 15 is 0 Å². The summed E-state index contributed by atoms with van der Waals surface area (Å²) in [4.78, 5) is 15.0. The van der Waals surface area contributed by atoms with Crippen molar-refractivity contribution in [3.8, 4) is 0 Å². The van der Waals surface area contributed by atoms with Gasteiger partial charge in [-0.15, -0.1) is 0 Å². The van der Waals surface area contributed by atoms with Crippen LogP contribution in [0.1, 0.15) is 44.6 Å². The molecule has 1 fully saturated rings. The molecule has 110 valence electrons. The number of amides is 1. The lowest BCUT2D eigenvalue weighted by atomic mass is 9.81. The molecule has 1 aromatic rings. The van der Waals surface area contributed by atoms with E-state index in [9.17, 15) is 4.79 Å².